The minimum Gasteiger partial charge on any atom is -0.444 e. The number of hydrogen-bond donors (Lipinski definition) is 2. The van der Waals surface area contributed by atoms with Crippen LogP contribution in [-0.4, -0.2) is 37.4 Å². The van der Waals surface area contributed by atoms with E-state index < -0.39 is 21.7 Å². The second kappa shape index (κ2) is 8.39. The Morgan fingerprint density at radius 3 is 2.41 bits per heavy atom. The van der Waals surface area contributed by atoms with Crippen molar-refractivity contribution in [2.24, 2.45) is 4.40 Å². The summed E-state index contributed by atoms with van der Waals surface area (Å²) in [5.41, 5.74) is 1.27. The summed E-state index contributed by atoms with van der Waals surface area (Å²) in [6, 6.07) is 9.99. The first kappa shape index (κ1) is 20.7. The molecule has 0 unspecified atom stereocenters. The van der Waals surface area contributed by atoms with Gasteiger partial charge in [0.2, 0.25) is 0 Å². The molecule has 0 radical (unpaired) electrons. The number of amides is 1. The molecule has 0 atom stereocenters. The first-order valence-corrected chi connectivity index (χ1v) is 10.0. The number of nitrogens with zero attached hydrogens (tertiary/aromatic N) is 1. The van der Waals surface area contributed by atoms with E-state index in [9.17, 15) is 13.2 Å². The number of rotatable bonds is 6. The summed E-state index contributed by atoms with van der Waals surface area (Å²) in [5.74, 6) is 0. The number of benzene rings is 1. The van der Waals surface area contributed by atoms with E-state index in [1.165, 1.54) is 12.1 Å². The first-order valence-electron chi connectivity index (χ1n) is 8.58. The van der Waals surface area contributed by atoms with Crippen LogP contribution < -0.4 is 5.32 Å². The molecule has 0 aliphatic carbocycles. The first-order chi connectivity index (χ1) is 12.6. The van der Waals surface area contributed by atoms with Gasteiger partial charge in [-0.3, -0.25) is 0 Å². The Bertz CT molecular complexity index is 893. The van der Waals surface area contributed by atoms with Crippen molar-refractivity contribution < 1.29 is 17.9 Å². The van der Waals surface area contributed by atoms with Gasteiger partial charge < -0.3 is 15.0 Å². The molecule has 0 spiro atoms. The number of nitrogens with one attached hydrogen (secondary N) is 2. The molecular weight excluding hydrogens is 366 g/mol. The van der Waals surface area contributed by atoms with Gasteiger partial charge in [-0.05, 0) is 52.0 Å². The van der Waals surface area contributed by atoms with Crippen LogP contribution in [0.2, 0.25) is 0 Å². The average Bonchev–Trinajstić information content (AvgIpc) is 3.07. The molecule has 2 rings (SSSR count). The maximum atomic E-state index is 12.6. The Balaban J connectivity index is 2.16. The van der Waals surface area contributed by atoms with Crippen LogP contribution in [0.25, 0.3) is 0 Å². The fraction of sp³-hybridized carbons (Fsp3) is 0.368. The molecule has 27 heavy (non-hydrogen) atoms. The van der Waals surface area contributed by atoms with Gasteiger partial charge in [0.15, 0.2) is 0 Å². The van der Waals surface area contributed by atoms with Crippen molar-refractivity contribution in [1.82, 2.24) is 10.3 Å². The monoisotopic (exact) mass is 391 g/mol. The van der Waals surface area contributed by atoms with E-state index >= 15 is 0 Å². The molecule has 146 valence electrons. The third kappa shape index (κ3) is 6.56. The van der Waals surface area contributed by atoms with E-state index in [4.69, 9.17) is 4.74 Å². The lowest BCUT2D eigenvalue weighted by atomic mass is 10.2. The molecule has 8 heteroatoms. The number of ether oxygens (including phenoxy) is 1. The summed E-state index contributed by atoms with van der Waals surface area (Å²) >= 11 is 0. The molecule has 1 heterocycles. The van der Waals surface area contributed by atoms with Crippen molar-refractivity contribution >= 4 is 21.8 Å². The summed E-state index contributed by atoms with van der Waals surface area (Å²) in [6.07, 6.45) is 1.35. The van der Waals surface area contributed by atoms with Gasteiger partial charge in [0, 0.05) is 19.2 Å². The van der Waals surface area contributed by atoms with Gasteiger partial charge in [-0.1, -0.05) is 17.7 Å². The highest BCUT2D eigenvalue weighted by atomic mass is 32.2. The summed E-state index contributed by atoms with van der Waals surface area (Å²) in [6.45, 7) is 7.38. The Morgan fingerprint density at radius 1 is 1.19 bits per heavy atom. The predicted octanol–water partition coefficient (Wildman–Crippen LogP) is 3.42. The summed E-state index contributed by atoms with van der Waals surface area (Å²) in [4.78, 5) is 14.8. The smallest absolute Gasteiger partial charge is 0.407 e. The molecule has 1 aromatic carbocycles. The van der Waals surface area contributed by atoms with Crippen molar-refractivity contribution in [3.8, 4) is 0 Å². The minimum atomic E-state index is -3.86. The number of H-pyrrole nitrogens is 1. The lowest BCUT2D eigenvalue weighted by Crippen LogP contribution is -2.33. The zero-order valence-corrected chi connectivity index (χ0v) is 16.8. The van der Waals surface area contributed by atoms with Crippen LogP contribution >= 0.6 is 0 Å². The van der Waals surface area contributed by atoms with E-state index in [1.54, 1.807) is 51.2 Å². The number of aromatic nitrogens is 1. The molecule has 1 aromatic heterocycles. The Morgan fingerprint density at radius 2 is 1.85 bits per heavy atom. The fourth-order valence-electron chi connectivity index (χ4n) is 2.24. The van der Waals surface area contributed by atoms with Crippen LogP contribution in [0.4, 0.5) is 4.79 Å². The van der Waals surface area contributed by atoms with Crippen LogP contribution in [0.15, 0.2) is 51.9 Å². The van der Waals surface area contributed by atoms with Crippen LogP contribution in [0.5, 0.6) is 0 Å². The van der Waals surface area contributed by atoms with Gasteiger partial charge in [-0.2, -0.15) is 12.8 Å². The predicted molar refractivity (Wildman–Crippen MR) is 105 cm³/mol. The molecule has 0 bridgehead atoms. The third-order valence-corrected chi connectivity index (χ3v) is 4.82. The highest BCUT2D eigenvalue weighted by Gasteiger charge is 2.18. The molecular formula is C19H25N3O4S. The van der Waals surface area contributed by atoms with Gasteiger partial charge in [0.1, 0.15) is 5.60 Å². The van der Waals surface area contributed by atoms with Gasteiger partial charge in [0.25, 0.3) is 10.0 Å². The van der Waals surface area contributed by atoms with Crippen molar-refractivity contribution in [2.45, 2.75) is 44.6 Å². The lowest BCUT2D eigenvalue weighted by molar-refractivity contribution is 0.0529. The number of aromatic amines is 1. The number of carbonyl (C=O) groups is 1. The second-order valence-corrected chi connectivity index (χ2v) is 8.69. The zero-order valence-electron chi connectivity index (χ0n) is 15.9. The quantitative estimate of drug-likeness (QED) is 0.737. The Hall–Kier alpha value is -2.61. The standard InChI is InChI=1S/C19H25N3O4S/c1-14-7-9-15(10-8-14)27(24,25)22-17(16-6-5-12-20-16)11-13-21-18(23)26-19(2,3)4/h5-10,12,20H,11,13H2,1-4H3,(H,21,23)/b22-17+. The zero-order chi connectivity index (χ0) is 20.1. The summed E-state index contributed by atoms with van der Waals surface area (Å²) < 4.78 is 34.4. The highest BCUT2D eigenvalue weighted by Crippen LogP contribution is 2.15. The van der Waals surface area contributed by atoms with Crippen molar-refractivity contribution in [3.63, 3.8) is 0 Å². The van der Waals surface area contributed by atoms with Crippen LogP contribution in [0.1, 0.15) is 38.4 Å². The third-order valence-electron chi connectivity index (χ3n) is 3.49. The topological polar surface area (TPSA) is 101 Å². The average molecular weight is 391 g/mol. The van der Waals surface area contributed by atoms with Crippen LogP contribution in [0.3, 0.4) is 0 Å². The normalized spacial score (nSPS) is 12.7. The van der Waals surface area contributed by atoms with Crippen LogP contribution in [-0.2, 0) is 14.8 Å². The van der Waals surface area contributed by atoms with E-state index in [2.05, 4.69) is 14.7 Å². The highest BCUT2D eigenvalue weighted by molar-refractivity contribution is 7.90. The molecule has 0 saturated heterocycles. The van der Waals surface area contributed by atoms with E-state index in [1.807, 2.05) is 6.92 Å². The molecule has 7 nitrogen and oxygen atoms in total. The molecule has 0 aliphatic heterocycles. The number of hydrogen-bond acceptors (Lipinski definition) is 4. The maximum Gasteiger partial charge on any atom is 0.407 e. The maximum absolute atomic E-state index is 12.6. The van der Waals surface area contributed by atoms with Crippen molar-refractivity contribution in [2.75, 3.05) is 6.54 Å². The second-order valence-electron chi connectivity index (χ2n) is 7.09. The van der Waals surface area contributed by atoms with Gasteiger partial charge in [0.05, 0.1) is 16.3 Å². The number of alkyl carbamates (subject to hydrolysis) is 1. The summed E-state index contributed by atoms with van der Waals surface area (Å²) in [7, 11) is -3.86. The molecule has 1 amide bonds. The van der Waals surface area contributed by atoms with Gasteiger partial charge in [-0.15, -0.1) is 0 Å². The minimum absolute atomic E-state index is 0.122. The van der Waals surface area contributed by atoms with E-state index in [0.717, 1.165) is 5.56 Å². The molecule has 0 aliphatic rings. The lowest BCUT2D eigenvalue weighted by Gasteiger charge is -2.19. The number of carbonyl (C=O) groups excluding carboxylic acids is 1. The van der Waals surface area contributed by atoms with Crippen LogP contribution in [0, 0.1) is 6.92 Å². The fourth-order valence-corrected chi connectivity index (χ4v) is 3.31. The van der Waals surface area contributed by atoms with Crippen molar-refractivity contribution in [1.29, 1.82) is 0 Å². The molecule has 0 fully saturated rings. The number of aryl methyl sites for hydroxylation is 1. The van der Waals surface area contributed by atoms with Gasteiger partial charge in [-0.25, -0.2) is 4.79 Å². The number of sulfonamides is 1. The SMILES string of the molecule is Cc1ccc(S(=O)(=O)/N=C(\CCNC(=O)OC(C)(C)C)c2ccc[nH]2)cc1. The molecule has 2 aromatic rings. The van der Waals surface area contributed by atoms with Gasteiger partial charge >= 0.3 is 6.09 Å². The molecule has 2 N–H and O–H groups in total. The van der Waals surface area contributed by atoms with Crippen molar-refractivity contribution in [3.05, 3.63) is 53.9 Å². The van der Waals surface area contributed by atoms with E-state index in [-0.39, 0.29) is 17.9 Å². The largest absolute Gasteiger partial charge is 0.444 e. The van der Waals surface area contributed by atoms with E-state index in [0.29, 0.717) is 11.4 Å². The summed E-state index contributed by atoms with van der Waals surface area (Å²) in [5, 5.41) is 2.61. The molecule has 0 saturated carbocycles. The Kier molecular flexibility index (Phi) is 6.43. The Labute approximate surface area is 159 Å².